The van der Waals surface area contributed by atoms with Crippen LogP contribution >= 0.6 is 0 Å². The second kappa shape index (κ2) is 9.67. The molecule has 0 unspecified atom stereocenters. The standard InChI is InChI=1S/C18H17N3O7/c1-12-6-7-16(14(8-12)21(25)26)27-10-17(22)20-19-9-13-4-2-3-5-15(13)28-11-18(23)24/h2-9H,10-11H2,1H3,(H,20,22)(H,23,24)/b19-9+. The summed E-state index contributed by atoms with van der Waals surface area (Å²) in [6.07, 6.45) is 1.28. The third kappa shape index (κ3) is 6.09. The first kappa shape index (κ1) is 20.4. The van der Waals surface area contributed by atoms with Crippen molar-refractivity contribution in [1.82, 2.24) is 5.43 Å². The number of nitrogens with one attached hydrogen (secondary N) is 1. The number of nitro benzene ring substituents is 1. The van der Waals surface area contributed by atoms with E-state index >= 15 is 0 Å². The molecule has 0 saturated heterocycles. The smallest absolute Gasteiger partial charge is 0.341 e. The van der Waals surface area contributed by atoms with Crippen LogP contribution < -0.4 is 14.9 Å². The Morgan fingerprint density at radius 3 is 2.61 bits per heavy atom. The first-order valence-electron chi connectivity index (χ1n) is 8.00. The number of aliphatic carboxylic acids is 1. The second-order valence-electron chi connectivity index (χ2n) is 5.53. The molecular formula is C18H17N3O7. The van der Waals surface area contributed by atoms with E-state index < -0.39 is 30.0 Å². The Morgan fingerprint density at radius 1 is 1.18 bits per heavy atom. The van der Waals surface area contributed by atoms with Crippen molar-refractivity contribution in [3.8, 4) is 11.5 Å². The number of rotatable bonds is 9. The molecule has 2 rings (SSSR count). The molecule has 0 aliphatic carbocycles. The molecule has 0 atom stereocenters. The van der Waals surface area contributed by atoms with Gasteiger partial charge in [-0.2, -0.15) is 5.10 Å². The summed E-state index contributed by atoms with van der Waals surface area (Å²) in [5.74, 6) is -1.49. The number of carbonyl (C=O) groups excluding carboxylic acids is 1. The summed E-state index contributed by atoms with van der Waals surface area (Å²) in [6, 6.07) is 10.9. The Morgan fingerprint density at radius 2 is 1.89 bits per heavy atom. The van der Waals surface area contributed by atoms with Gasteiger partial charge in [0.2, 0.25) is 0 Å². The number of nitrogens with zero attached hydrogens (tertiary/aromatic N) is 2. The number of carbonyl (C=O) groups is 2. The number of carboxylic acid groups (broad SMARTS) is 1. The highest BCUT2D eigenvalue weighted by molar-refractivity contribution is 5.85. The van der Waals surface area contributed by atoms with Crippen LogP contribution in [0.25, 0.3) is 0 Å². The van der Waals surface area contributed by atoms with Gasteiger partial charge in [-0.3, -0.25) is 14.9 Å². The first-order chi connectivity index (χ1) is 13.4. The van der Waals surface area contributed by atoms with E-state index in [9.17, 15) is 19.7 Å². The Labute approximate surface area is 159 Å². The van der Waals surface area contributed by atoms with Crippen LogP contribution in [0.15, 0.2) is 47.6 Å². The van der Waals surface area contributed by atoms with Crippen molar-refractivity contribution in [2.75, 3.05) is 13.2 Å². The van der Waals surface area contributed by atoms with Crippen LogP contribution in [0.2, 0.25) is 0 Å². The average Bonchev–Trinajstić information content (AvgIpc) is 2.66. The molecule has 0 fully saturated rings. The van der Waals surface area contributed by atoms with Crippen molar-refractivity contribution in [2.24, 2.45) is 5.10 Å². The van der Waals surface area contributed by atoms with E-state index in [0.29, 0.717) is 11.1 Å². The van der Waals surface area contributed by atoms with Crippen LogP contribution in [0, 0.1) is 17.0 Å². The zero-order valence-electron chi connectivity index (χ0n) is 14.8. The van der Waals surface area contributed by atoms with Gasteiger partial charge < -0.3 is 14.6 Å². The van der Waals surface area contributed by atoms with Crippen LogP contribution in [-0.2, 0) is 9.59 Å². The van der Waals surface area contributed by atoms with E-state index in [1.165, 1.54) is 18.3 Å². The Hall–Kier alpha value is -3.95. The summed E-state index contributed by atoms with van der Waals surface area (Å²) in [6.45, 7) is 0.717. The van der Waals surface area contributed by atoms with E-state index in [0.717, 1.165) is 0 Å². The number of hydrogen-bond donors (Lipinski definition) is 2. The maximum Gasteiger partial charge on any atom is 0.341 e. The number of amides is 1. The van der Waals surface area contributed by atoms with Crippen molar-refractivity contribution in [2.45, 2.75) is 6.92 Å². The van der Waals surface area contributed by atoms with E-state index in [2.05, 4.69) is 10.5 Å². The minimum absolute atomic E-state index is 0.0258. The van der Waals surface area contributed by atoms with Gasteiger partial charge in [0, 0.05) is 11.6 Å². The van der Waals surface area contributed by atoms with Crippen LogP contribution in [0.1, 0.15) is 11.1 Å². The molecule has 1 amide bonds. The van der Waals surface area contributed by atoms with Gasteiger partial charge in [-0.1, -0.05) is 18.2 Å². The molecule has 10 heteroatoms. The summed E-state index contributed by atoms with van der Waals surface area (Å²) in [7, 11) is 0. The quantitative estimate of drug-likeness (QED) is 0.380. The molecule has 0 aliphatic rings. The molecule has 0 heterocycles. The van der Waals surface area contributed by atoms with Crippen LogP contribution in [0.5, 0.6) is 11.5 Å². The van der Waals surface area contributed by atoms with Gasteiger partial charge >= 0.3 is 11.7 Å². The molecule has 0 aliphatic heterocycles. The number of benzene rings is 2. The number of carboxylic acids is 1. The van der Waals surface area contributed by atoms with E-state index in [-0.39, 0.29) is 17.2 Å². The van der Waals surface area contributed by atoms with Crippen molar-refractivity contribution < 1.29 is 29.1 Å². The van der Waals surface area contributed by atoms with Crippen LogP contribution in [0.4, 0.5) is 5.69 Å². The number of ether oxygens (including phenoxy) is 2. The topological polar surface area (TPSA) is 140 Å². The molecule has 0 radical (unpaired) electrons. The third-order valence-corrected chi connectivity index (χ3v) is 3.33. The molecule has 2 aromatic rings. The first-order valence-corrected chi connectivity index (χ1v) is 8.00. The number of aryl methyl sites for hydroxylation is 1. The van der Waals surface area contributed by atoms with Crippen molar-refractivity contribution in [3.05, 3.63) is 63.7 Å². The van der Waals surface area contributed by atoms with Gasteiger partial charge in [0.15, 0.2) is 19.0 Å². The van der Waals surface area contributed by atoms with Gasteiger partial charge in [-0.25, -0.2) is 10.2 Å². The highest BCUT2D eigenvalue weighted by atomic mass is 16.6. The van der Waals surface area contributed by atoms with Gasteiger partial charge in [0.05, 0.1) is 11.1 Å². The highest BCUT2D eigenvalue weighted by Crippen LogP contribution is 2.27. The summed E-state index contributed by atoms with van der Waals surface area (Å²) in [4.78, 5) is 32.9. The lowest BCUT2D eigenvalue weighted by Gasteiger charge is -2.07. The molecule has 146 valence electrons. The average molecular weight is 387 g/mol. The molecule has 0 aromatic heterocycles. The zero-order valence-corrected chi connectivity index (χ0v) is 14.8. The summed E-state index contributed by atoms with van der Waals surface area (Å²) in [5, 5.41) is 23.4. The van der Waals surface area contributed by atoms with Crippen LogP contribution in [-0.4, -0.2) is 41.3 Å². The van der Waals surface area contributed by atoms with Crippen molar-refractivity contribution in [1.29, 1.82) is 0 Å². The molecule has 2 N–H and O–H groups in total. The zero-order chi connectivity index (χ0) is 20.5. The van der Waals surface area contributed by atoms with Crippen LogP contribution in [0.3, 0.4) is 0 Å². The lowest BCUT2D eigenvalue weighted by molar-refractivity contribution is -0.385. The summed E-state index contributed by atoms with van der Waals surface area (Å²) >= 11 is 0. The van der Waals surface area contributed by atoms with E-state index in [4.69, 9.17) is 14.6 Å². The lowest BCUT2D eigenvalue weighted by Crippen LogP contribution is -2.24. The Kier molecular flexibility index (Phi) is 7.03. The van der Waals surface area contributed by atoms with E-state index in [1.807, 2.05) is 0 Å². The molecule has 0 saturated carbocycles. The largest absolute Gasteiger partial charge is 0.481 e. The normalized spacial score (nSPS) is 10.5. The molecule has 0 bridgehead atoms. The van der Waals surface area contributed by atoms with Gasteiger partial charge in [-0.15, -0.1) is 0 Å². The minimum Gasteiger partial charge on any atom is -0.481 e. The molecule has 2 aromatic carbocycles. The number of hydrazone groups is 1. The Bertz CT molecular complexity index is 912. The van der Waals surface area contributed by atoms with Gasteiger partial charge in [0.25, 0.3) is 5.91 Å². The highest BCUT2D eigenvalue weighted by Gasteiger charge is 2.16. The predicted molar refractivity (Wildman–Crippen MR) is 98.6 cm³/mol. The fourth-order valence-electron chi connectivity index (χ4n) is 2.10. The minimum atomic E-state index is -1.12. The summed E-state index contributed by atoms with van der Waals surface area (Å²) in [5.41, 5.74) is 3.13. The SMILES string of the molecule is Cc1ccc(OCC(=O)N/N=C/c2ccccc2OCC(=O)O)c([N+](=O)[O-])c1. The third-order valence-electron chi connectivity index (χ3n) is 3.33. The molecule has 0 spiro atoms. The molecule has 10 nitrogen and oxygen atoms in total. The molecule has 28 heavy (non-hydrogen) atoms. The van der Waals surface area contributed by atoms with Crippen molar-refractivity contribution in [3.63, 3.8) is 0 Å². The fourth-order valence-corrected chi connectivity index (χ4v) is 2.10. The number of nitro groups is 1. The predicted octanol–water partition coefficient (Wildman–Crippen LogP) is 1.90. The maximum atomic E-state index is 11.8. The lowest BCUT2D eigenvalue weighted by atomic mass is 10.2. The molecular weight excluding hydrogens is 370 g/mol. The Balaban J connectivity index is 1.93. The number of para-hydroxylation sites is 1. The fraction of sp³-hybridized carbons (Fsp3) is 0.167. The monoisotopic (exact) mass is 387 g/mol. The van der Waals surface area contributed by atoms with Gasteiger partial charge in [-0.05, 0) is 30.7 Å². The second-order valence-corrected chi connectivity index (χ2v) is 5.53. The summed E-state index contributed by atoms with van der Waals surface area (Å²) < 4.78 is 10.3. The van der Waals surface area contributed by atoms with Crippen molar-refractivity contribution >= 4 is 23.8 Å². The number of hydrogen-bond acceptors (Lipinski definition) is 7. The van der Waals surface area contributed by atoms with E-state index in [1.54, 1.807) is 37.3 Å². The maximum absolute atomic E-state index is 11.8. The van der Waals surface area contributed by atoms with Gasteiger partial charge in [0.1, 0.15) is 5.75 Å².